The predicted molar refractivity (Wildman–Crippen MR) is 159 cm³/mol. The summed E-state index contributed by atoms with van der Waals surface area (Å²) in [6, 6.07) is 22.1. The number of fused-ring (bicyclic) bond motifs is 2. The van der Waals surface area contributed by atoms with Crippen molar-refractivity contribution in [1.82, 2.24) is 9.97 Å². The third-order valence-corrected chi connectivity index (χ3v) is 9.00. The molecule has 0 aliphatic rings. The maximum Gasteiger partial charge on any atom is 0.129 e. The van der Waals surface area contributed by atoms with Gasteiger partial charge < -0.3 is 10.2 Å². The highest BCUT2D eigenvalue weighted by Gasteiger charge is 2.10. The molecular weight excluding hydrogens is 667 g/mol. The first kappa shape index (κ1) is 25.4. The van der Waals surface area contributed by atoms with Crippen LogP contribution >= 0.6 is 77.7 Å². The Balaban J connectivity index is 0.000000148. The molecule has 4 nitrogen and oxygen atoms in total. The summed E-state index contributed by atoms with van der Waals surface area (Å²) in [5.74, 6) is 0.450. The van der Waals surface area contributed by atoms with Gasteiger partial charge in [-0.25, -0.2) is 9.97 Å². The van der Waals surface area contributed by atoms with Crippen LogP contribution in [0.25, 0.3) is 41.6 Å². The van der Waals surface area contributed by atoms with Crippen molar-refractivity contribution in [2.45, 2.75) is 0 Å². The standard InChI is InChI=1S/2C13H7BrClNOS/c2*14-9-5-7(1-3-11(9)17)13-16-10-6-8(15)2-4-12(10)18-13/h2*1-6,17H. The molecule has 4 aromatic carbocycles. The topological polar surface area (TPSA) is 66.2 Å². The Bertz CT molecular complexity index is 1610. The zero-order valence-corrected chi connectivity index (χ0v) is 24.4. The van der Waals surface area contributed by atoms with Crippen molar-refractivity contribution < 1.29 is 10.2 Å². The van der Waals surface area contributed by atoms with E-state index in [1.807, 2.05) is 60.7 Å². The van der Waals surface area contributed by atoms with Crippen LogP contribution in [0.2, 0.25) is 10.0 Å². The van der Waals surface area contributed by atoms with Crippen molar-refractivity contribution in [2.75, 3.05) is 0 Å². The second kappa shape index (κ2) is 10.7. The smallest absolute Gasteiger partial charge is 0.129 e. The molecule has 0 radical (unpaired) electrons. The molecule has 6 aromatic rings. The Labute approximate surface area is 241 Å². The van der Waals surface area contributed by atoms with Gasteiger partial charge in [-0.2, -0.15) is 0 Å². The van der Waals surface area contributed by atoms with E-state index in [0.717, 1.165) is 41.6 Å². The first-order valence-electron chi connectivity index (χ1n) is 10.4. The van der Waals surface area contributed by atoms with Gasteiger partial charge in [-0.1, -0.05) is 23.2 Å². The second-order valence-corrected chi connectivity index (χ2v) is 12.2. The lowest BCUT2D eigenvalue weighted by Gasteiger charge is -1.99. The molecule has 0 aliphatic heterocycles. The molecule has 180 valence electrons. The van der Waals surface area contributed by atoms with Crippen LogP contribution in [0.15, 0.2) is 81.7 Å². The predicted octanol–water partition coefficient (Wildman–Crippen LogP) is 10.2. The number of phenols is 2. The Hall–Kier alpha value is -2.20. The average Bonchev–Trinajstić information content (AvgIpc) is 3.46. The first-order valence-corrected chi connectivity index (χ1v) is 14.3. The van der Waals surface area contributed by atoms with Crippen molar-refractivity contribution in [3.05, 3.63) is 91.8 Å². The van der Waals surface area contributed by atoms with Crippen LogP contribution in [0, 0.1) is 0 Å². The number of nitrogens with zero attached hydrogens (tertiary/aromatic N) is 2. The van der Waals surface area contributed by atoms with Crippen molar-refractivity contribution in [3.8, 4) is 32.6 Å². The number of aromatic hydroxyl groups is 2. The van der Waals surface area contributed by atoms with Crippen molar-refractivity contribution >= 4 is 98.2 Å². The highest BCUT2D eigenvalue weighted by Crippen LogP contribution is 2.36. The number of phenolic OH excluding ortho intramolecular Hbond substituents is 2. The zero-order chi connectivity index (χ0) is 25.4. The lowest BCUT2D eigenvalue weighted by molar-refractivity contribution is 0.471. The maximum absolute atomic E-state index is 9.49. The Morgan fingerprint density at radius 1 is 0.583 bits per heavy atom. The molecule has 0 saturated carbocycles. The van der Waals surface area contributed by atoms with Crippen molar-refractivity contribution in [1.29, 1.82) is 0 Å². The fraction of sp³-hybridized carbons (Fsp3) is 0. The Morgan fingerprint density at radius 3 is 1.39 bits per heavy atom. The van der Waals surface area contributed by atoms with E-state index in [1.54, 1.807) is 34.8 Å². The molecule has 0 saturated heterocycles. The second-order valence-electron chi connectivity index (χ2n) is 7.59. The molecule has 10 heteroatoms. The number of aromatic nitrogens is 2. The fourth-order valence-corrected chi connectivity index (χ4v) is 6.30. The van der Waals surface area contributed by atoms with Crippen molar-refractivity contribution in [2.24, 2.45) is 0 Å². The SMILES string of the molecule is Oc1ccc(-c2nc3cc(Cl)ccc3s2)cc1Br.Oc1ccc(-c2nc3cc(Cl)ccc3s2)cc1Br. The summed E-state index contributed by atoms with van der Waals surface area (Å²) in [4.78, 5) is 9.09. The van der Waals surface area contributed by atoms with Gasteiger partial charge in [0.15, 0.2) is 0 Å². The van der Waals surface area contributed by atoms with Gasteiger partial charge in [-0.3, -0.25) is 0 Å². The van der Waals surface area contributed by atoms with E-state index in [4.69, 9.17) is 23.2 Å². The molecule has 0 aliphatic carbocycles. The van der Waals surface area contributed by atoms with Crippen molar-refractivity contribution in [3.63, 3.8) is 0 Å². The van der Waals surface area contributed by atoms with E-state index in [9.17, 15) is 10.2 Å². The van der Waals surface area contributed by atoms with Crippen LogP contribution in [0.5, 0.6) is 11.5 Å². The lowest BCUT2D eigenvalue weighted by atomic mass is 10.2. The quantitative estimate of drug-likeness (QED) is 0.191. The van der Waals surface area contributed by atoms with E-state index < -0.39 is 0 Å². The highest BCUT2D eigenvalue weighted by atomic mass is 79.9. The number of hydrogen-bond donors (Lipinski definition) is 2. The summed E-state index contributed by atoms with van der Waals surface area (Å²) in [7, 11) is 0. The lowest BCUT2D eigenvalue weighted by Crippen LogP contribution is -1.76. The van der Waals surface area contributed by atoms with Crippen LogP contribution in [0.4, 0.5) is 0 Å². The molecule has 0 bridgehead atoms. The van der Waals surface area contributed by atoms with Gasteiger partial charge in [0.2, 0.25) is 0 Å². The number of thiazole rings is 2. The molecule has 6 rings (SSSR count). The van der Waals surface area contributed by atoms with E-state index in [0.29, 0.717) is 19.0 Å². The molecule has 0 fully saturated rings. The highest BCUT2D eigenvalue weighted by molar-refractivity contribution is 9.10. The zero-order valence-electron chi connectivity index (χ0n) is 18.0. The van der Waals surface area contributed by atoms with E-state index in [1.165, 1.54) is 0 Å². The molecule has 0 atom stereocenters. The molecule has 2 N–H and O–H groups in total. The molecule has 0 spiro atoms. The summed E-state index contributed by atoms with van der Waals surface area (Å²) >= 11 is 21.7. The van der Waals surface area contributed by atoms with E-state index in [-0.39, 0.29) is 11.5 Å². The summed E-state index contributed by atoms with van der Waals surface area (Å²) in [5, 5.41) is 22.2. The first-order chi connectivity index (χ1) is 17.3. The molecule has 36 heavy (non-hydrogen) atoms. The monoisotopic (exact) mass is 678 g/mol. The minimum atomic E-state index is 0.225. The van der Waals surface area contributed by atoms with Crippen LogP contribution in [0.3, 0.4) is 0 Å². The number of halogens is 4. The fourth-order valence-electron chi connectivity index (χ4n) is 3.33. The number of hydrogen-bond acceptors (Lipinski definition) is 6. The molecule has 2 aromatic heterocycles. The molecule has 0 unspecified atom stereocenters. The van der Waals surface area contributed by atoms with Gasteiger partial charge in [0, 0.05) is 21.2 Å². The normalized spacial score (nSPS) is 11.0. The van der Waals surface area contributed by atoms with Gasteiger partial charge in [0.25, 0.3) is 0 Å². The minimum absolute atomic E-state index is 0.225. The molecule has 2 heterocycles. The van der Waals surface area contributed by atoms with Gasteiger partial charge >= 0.3 is 0 Å². The van der Waals surface area contributed by atoms with Gasteiger partial charge in [-0.05, 0) is 105 Å². The summed E-state index contributed by atoms with van der Waals surface area (Å²) in [5.41, 5.74) is 3.73. The van der Waals surface area contributed by atoms with Crippen LogP contribution in [-0.4, -0.2) is 20.2 Å². The van der Waals surface area contributed by atoms with Gasteiger partial charge in [0.05, 0.1) is 29.4 Å². The molecular formula is C26H14Br2Cl2N2O2S2. The average molecular weight is 681 g/mol. The van der Waals surface area contributed by atoms with Crippen LogP contribution < -0.4 is 0 Å². The third kappa shape index (κ3) is 5.54. The largest absolute Gasteiger partial charge is 0.507 e. The van der Waals surface area contributed by atoms with Crippen LogP contribution in [-0.2, 0) is 0 Å². The van der Waals surface area contributed by atoms with Crippen LogP contribution in [0.1, 0.15) is 0 Å². The third-order valence-electron chi connectivity index (χ3n) is 5.09. The summed E-state index contributed by atoms with van der Waals surface area (Å²) in [6.45, 7) is 0. The maximum atomic E-state index is 9.49. The summed E-state index contributed by atoms with van der Waals surface area (Å²) in [6.07, 6.45) is 0. The van der Waals surface area contributed by atoms with Gasteiger partial charge in [-0.15, -0.1) is 22.7 Å². The van der Waals surface area contributed by atoms with Gasteiger partial charge in [0.1, 0.15) is 21.5 Å². The number of rotatable bonds is 2. The number of benzene rings is 4. The van der Waals surface area contributed by atoms with E-state index in [2.05, 4.69) is 41.8 Å². The Morgan fingerprint density at radius 2 is 1.00 bits per heavy atom. The summed E-state index contributed by atoms with van der Waals surface area (Å²) < 4.78 is 3.52. The molecule has 0 amide bonds. The van der Waals surface area contributed by atoms with E-state index >= 15 is 0 Å². The Kier molecular flexibility index (Phi) is 7.53. The minimum Gasteiger partial charge on any atom is -0.507 e.